The van der Waals surface area contributed by atoms with Crippen molar-refractivity contribution in [2.24, 2.45) is 0 Å². The Balaban J connectivity index is 3.03. The van der Waals surface area contributed by atoms with Gasteiger partial charge in [-0.25, -0.2) is 0 Å². The molecule has 0 saturated carbocycles. The summed E-state index contributed by atoms with van der Waals surface area (Å²) in [7, 11) is 0. The Kier molecular flexibility index (Phi) is 25.4. The lowest BCUT2D eigenvalue weighted by molar-refractivity contribution is 0.127. The summed E-state index contributed by atoms with van der Waals surface area (Å²) in [6, 6.07) is 0. The quantitative estimate of drug-likeness (QED) is 0.127. The van der Waals surface area contributed by atoms with E-state index in [2.05, 4.69) is 26.0 Å². The summed E-state index contributed by atoms with van der Waals surface area (Å²) >= 11 is 0. The van der Waals surface area contributed by atoms with Crippen molar-refractivity contribution in [1.82, 2.24) is 0 Å². The minimum absolute atomic E-state index is 0.964. The van der Waals surface area contributed by atoms with E-state index in [0.29, 0.717) is 0 Å². The molecule has 0 fully saturated rings. The number of ether oxygens (including phenoxy) is 1. The van der Waals surface area contributed by atoms with Gasteiger partial charge in [-0.3, -0.25) is 0 Å². The van der Waals surface area contributed by atoms with E-state index in [9.17, 15) is 0 Å². The van der Waals surface area contributed by atoms with Crippen LogP contribution in [0.2, 0.25) is 0 Å². The summed E-state index contributed by atoms with van der Waals surface area (Å²) < 4.78 is 5.61. The van der Waals surface area contributed by atoms with Crippen LogP contribution in [0.25, 0.3) is 0 Å². The Morgan fingerprint density at radius 1 is 0.407 bits per heavy atom. The minimum atomic E-state index is 0.964. The van der Waals surface area contributed by atoms with Gasteiger partial charge in [0.25, 0.3) is 0 Å². The molecule has 0 radical (unpaired) electrons. The van der Waals surface area contributed by atoms with Crippen LogP contribution in [0, 0.1) is 0 Å². The molecule has 0 saturated heterocycles. The van der Waals surface area contributed by atoms with E-state index >= 15 is 0 Å². The molecule has 0 aliphatic heterocycles. The maximum Gasteiger partial charge on any atom is 0.0466 e. The van der Waals surface area contributed by atoms with Crippen LogP contribution in [-0.4, -0.2) is 13.2 Å². The molecular formula is C26H52O. The van der Waals surface area contributed by atoms with Crippen molar-refractivity contribution in [3.05, 3.63) is 12.2 Å². The van der Waals surface area contributed by atoms with Crippen LogP contribution in [0.15, 0.2) is 12.2 Å². The van der Waals surface area contributed by atoms with Gasteiger partial charge < -0.3 is 4.74 Å². The average molecular weight is 381 g/mol. The second-order valence-electron chi connectivity index (χ2n) is 8.32. The Hall–Kier alpha value is -0.300. The first-order chi connectivity index (χ1) is 13.4. The highest BCUT2D eigenvalue weighted by molar-refractivity contribution is 4.81. The molecule has 1 nitrogen and oxygen atoms in total. The van der Waals surface area contributed by atoms with Crippen molar-refractivity contribution in [3.8, 4) is 0 Å². The molecule has 0 amide bonds. The molecule has 0 aliphatic carbocycles. The number of hydrogen-bond acceptors (Lipinski definition) is 1. The van der Waals surface area contributed by atoms with Gasteiger partial charge in [-0.1, -0.05) is 116 Å². The summed E-state index contributed by atoms with van der Waals surface area (Å²) in [5.74, 6) is 0. The van der Waals surface area contributed by atoms with E-state index in [1.54, 1.807) is 0 Å². The van der Waals surface area contributed by atoms with Gasteiger partial charge in [0.05, 0.1) is 0 Å². The molecule has 0 N–H and O–H groups in total. The van der Waals surface area contributed by atoms with Gasteiger partial charge in [-0.15, -0.1) is 0 Å². The lowest BCUT2D eigenvalue weighted by atomic mass is 10.1. The van der Waals surface area contributed by atoms with Gasteiger partial charge in [-0.2, -0.15) is 0 Å². The molecule has 0 spiro atoms. The van der Waals surface area contributed by atoms with E-state index in [1.807, 2.05) is 0 Å². The maximum absolute atomic E-state index is 5.61. The predicted molar refractivity (Wildman–Crippen MR) is 124 cm³/mol. The van der Waals surface area contributed by atoms with Crippen LogP contribution in [-0.2, 0) is 4.74 Å². The highest BCUT2D eigenvalue weighted by Crippen LogP contribution is 2.12. The lowest BCUT2D eigenvalue weighted by Gasteiger charge is -2.04. The standard InChI is InChI=1S/C26H52O/c1-3-5-7-8-9-10-11-12-13-14-15-16-17-18-19-20-21-22-23-24-26-27-25-6-4-2/h12-13H,3-11,14-26H2,1-2H3. The van der Waals surface area contributed by atoms with Crippen LogP contribution in [0.1, 0.15) is 142 Å². The molecule has 0 bridgehead atoms. The van der Waals surface area contributed by atoms with Gasteiger partial charge in [0, 0.05) is 13.2 Å². The highest BCUT2D eigenvalue weighted by atomic mass is 16.5. The van der Waals surface area contributed by atoms with Gasteiger partial charge in [0.15, 0.2) is 0 Å². The van der Waals surface area contributed by atoms with E-state index < -0.39 is 0 Å². The summed E-state index contributed by atoms with van der Waals surface area (Å²) in [4.78, 5) is 0. The molecule has 162 valence electrons. The Morgan fingerprint density at radius 2 is 0.778 bits per heavy atom. The Bertz CT molecular complexity index is 271. The van der Waals surface area contributed by atoms with Crippen molar-refractivity contribution < 1.29 is 4.74 Å². The largest absolute Gasteiger partial charge is 0.381 e. The maximum atomic E-state index is 5.61. The zero-order valence-corrected chi connectivity index (χ0v) is 19.1. The molecule has 0 aromatic heterocycles. The second-order valence-corrected chi connectivity index (χ2v) is 8.32. The van der Waals surface area contributed by atoms with Crippen LogP contribution < -0.4 is 0 Å². The smallest absolute Gasteiger partial charge is 0.0466 e. The average Bonchev–Trinajstić information content (AvgIpc) is 2.68. The van der Waals surface area contributed by atoms with Crippen LogP contribution >= 0.6 is 0 Å². The van der Waals surface area contributed by atoms with Crippen molar-refractivity contribution >= 4 is 0 Å². The molecule has 0 rings (SSSR count). The fourth-order valence-electron chi connectivity index (χ4n) is 3.51. The molecule has 0 unspecified atom stereocenters. The Morgan fingerprint density at radius 3 is 1.26 bits per heavy atom. The molecule has 27 heavy (non-hydrogen) atoms. The Labute approximate surface area is 172 Å². The third-order valence-corrected chi connectivity index (χ3v) is 5.44. The number of allylic oxidation sites excluding steroid dienone is 2. The van der Waals surface area contributed by atoms with Crippen molar-refractivity contribution in [2.75, 3.05) is 13.2 Å². The lowest BCUT2D eigenvalue weighted by Crippen LogP contribution is -1.96. The van der Waals surface area contributed by atoms with Gasteiger partial charge in [0.1, 0.15) is 0 Å². The highest BCUT2D eigenvalue weighted by Gasteiger charge is 1.94. The molecular weight excluding hydrogens is 328 g/mol. The van der Waals surface area contributed by atoms with Crippen LogP contribution in [0.5, 0.6) is 0 Å². The molecule has 1 heteroatoms. The van der Waals surface area contributed by atoms with E-state index in [4.69, 9.17) is 4.74 Å². The second kappa shape index (κ2) is 25.7. The zero-order chi connectivity index (χ0) is 19.7. The fourth-order valence-corrected chi connectivity index (χ4v) is 3.51. The van der Waals surface area contributed by atoms with Crippen molar-refractivity contribution in [3.63, 3.8) is 0 Å². The summed E-state index contributed by atoms with van der Waals surface area (Å²) in [5, 5.41) is 0. The molecule has 0 aromatic rings. The van der Waals surface area contributed by atoms with Crippen LogP contribution in [0.3, 0.4) is 0 Å². The molecule has 0 aromatic carbocycles. The normalized spacial score (nSPS) is 11.6. The van der Waals surface area contributed by atoms with E-state index in [0.717, 1.165) is 13.2 Å². The number of hydrogen-bond donors (Lipinski definition) is 0. The van der Waals surface area contributed by atoms with Crippen LogP contribution in [0.4, 0.5) is 0 Å². The SMILES string of the molecule is CCCCCCCCC=CCCCCCCCCCCCCOCCCC. The van der Waals surface area contributed by atoms with E-state index in [-0.39, 0.29) is 0 Å². The predicted octanol–water partition coefficient (Wildman–Crippen LogP) is 9.40. The van der Waals surface area contributed by atoms with Crippen molar-refractivity contribution in [2.45, 2.75) is 142 Å². The molecule has 0 heterocycles. The van der Waals surface area contributed by atoms with Gasteiger partial charge in [0.2, 0.25) is 0 Å². The first-order valence-corrected chi connectivity index (χ1v) is 12.6. The van der Waals surface area contributed by atoms with E-state index in [1.165, 1.54) is 128 Å². The number of rotatable bonds is 23. The first-order valence-electron chi connectivity index (χ1n) is 12.6. The summed E-state index contributed by atoms with van der Waals surface area (Å²) in [5.41, 5.74) is 0. The summed E-state index contributed by atoms with van der Waals surface area (Å²) in [6.07, 6.45) is 32.4. The first kappa shape index (κ1) is 26.7. The minimum Gasteiger partial charge on any atom is -0.381 e. The molecule has 0 atom stereocenters. The van der Waals surface area contributed by atoms with Gasteiger partial charge in [-0.05, 0) is 38.5 Å². The topological polar surface area (TPSA) is 9.23 Å². The monoisotopic (exact) mass is 380 g/mol. The zero-order valence-electron chi connectivity index (χ0n) is 19.1. The van der Waals surface area contributed by atoms with Crippen molar-refractivity contribution in [1.29, 1.82) is 0 Å². The summed E-state index contributed by atoms with van der Waals surface area (Å²) in [6.45, 7) is 6.45. The third kappa shape index (κ3) is 25.7. The number of unbranched alkanes of at least 4 members (excludes halogenated alkanes) is 17. The molecule has 0 aliphatic rings. The third-order valence-electron chi connectivity index (χ3n) is 5.44. The van der Waals surface area contributed by atoms with Gasteiger partial charge >= 0.3 is 0 Å². The fraction of sp³-hybridized carbons (Fsp3) is 0.923.